The summed E-state index contributed by atoms with van der Waals surface area (Å²) in [7, 11) is 0.993. The molecule has 0 spiro atoms. The van der Waals surface area contributed by atoms with Gasteiger partial charge in [0.15, 0.2) is 0 Å². The van der Waals surface area contributed by atoms with Gasteiger partial charge in [-0.05, 0) is 25.0 Å². The summed E-state index contributed by atoms with van der Waals surface area (Å²) in [5, 5.41) is 5.66. The normalized spacial score (nSPS) is 16.5. The number of para-hydroxylation sites is 1. The molecule has 1 aromatic carbocycles. The third kappa shape index (κ3) is 5.09. The van der Waals surface area contributed by atoms with Crippen LogP contribution >= 0.6 is 0 Å². The van der Waals surface area contributed by atoms with Gasteiger partial charge < -0.3 is 5.32 Å². The van der Waals surface area contributed by atoms with E-state index in [9.17, 15) is 35.9 Å². The van der Waals surface area contributed by atoms with Crippen molar-refractivity contribution in [2.75, 3.05) is 25.0 Å². The molecule has 0 radical (unpaired) electrons. The first kappa shape index (κ1) is 22.8. The molecule has 31 heavy (non-hydrogen) atoms. The number of carbonyl (C=O) groups is 1. The maximum Gasteiger partial charge on any atom is 0.451 e. The first-order chi connectivity index (χ1) is 14.4. The van der Waals surface area contributed by atoms with Crippen molar-refractivity contribution >= 4 is 11.6 Å². The highest BCUT2D eigenvalue weighted by atomic mass is 19.4. The van der Waals surface area contributed by atoms with Gasteiger partial charge in [-0.25, -0.2) is 9.48 Å². The lowest BCUT2D eigenvalue weighted by molar-refractivity contribution is -0.147. The molecule has 0 unspecified atom stereocenters. The molecule has 1 aromatic heterocycles. The van der Waals surface area contributed by atoms with Gasteiger partial charge in [0, 0.05) is 20.1 Å². The van der Waals surface area contributed by atoms with E-state index in [1.54, 1.807) is 4.90 Å². The Morgan fingerprint density at radius 3 is 2.26 bits per heavy atom. The third-order valence-electron chi connectivity index (χ3n) is 5.03. The second kappa shape index (κ2) is 8.36. The van der Waals surface area contributed by atoms with Crippen LogP contribution in [-0.4, -0.2) is 44.8 Å². The molecule has 170 valence electrons. The van der Waals surface area contributed by atoms with Crippen LogP contribution < -0.4 is 11.0 Å². The first-order valence-electron chi connectivity index (χ1n) is 9.29. The zero-order valence-electron chi connectivity index (χ0n) is 16.3. The lowest BCUT2D eigenvalue weighted by Gasteiger charge is -2.31. The van der Waals surface area contributed by atoms with E-state index >= 15 is 0 Å². The number of nitrogens with zero attached hydrogens (tertiary/aromatic N) is 4. The van der Waals surface area contributed by atoms with Crippen LogP contribution in [0.15, 0.2) is 29.1 Å². The molecule has 13 heteroatoms. The van der Waals surface area contributed by atoms with Crippen molar-refractivity contribution in [3.8, 4) is 0 Å². The van der Waals surface area contributed by atoms with Crippen LogP contribution in [0.25, 0.3) is 0 Å². The Morgan fingerprint density at radius 1 is 1.10 bits per heavy atom. The second-order valence-electron chi connectivity index (χ2n) is 7.21. The summed E-state index contributed by atoms with van der Waals surface area (Å²) in [6.45, 7) is 0.344. The van der Waals surface area contributed by atoms with Crippen LogP contribution in [0.2, 0.25) is 0 Å². The number of anilines is 1. The SMILES string of the molecule is Cn1c(C(F)(F)F)nn(C2CCN(CC(=O)Nc3ccccc3C(F)(F)F)CC2)c1=O. The molecule has 1 aliphatic rings. The Kier molecular flexibility index (Phi) is 6.16. The predicted octanol–water partition coefficient (Wildman–Crippen LogP) is 2.90. The Morgan fingerprint density at radius 2 is 1.71 bits per heavy atom. The summed E-state index contributed by atoms with van der Waals surface area (Å²) in [5.41, 5.74) is -2.20. The first-order valence-corrected chi connectivity index (χ1v) is 9.29. The van der Waals surface area contributed by atoms with Crippen LogP contribution in [0.3, 0.4) is 0 Å². The number of hydrogen-bond acceptors (Lipinski definition) is 4. The minimum Gasteiger partial charge on any atom is -0.324 e. The average molecular weight is 451 g/mol. The van der Waals surface area contributed by atoms with E-state index in [-0.39, 0.29) is 38.2 Å². The summed E-state index contributed by atoms with van der Waals surface area (Å²) in [4.78, 5) is 26.0. The van der Waals surface area contributed by atoms with E-state index in [4.69, 9.17) is 0 Å². The molecule has 0 saturated carbocycles. The van der Waals surface area contributed by atoms with E-state index < -0.39 is 41.4 Å². The number of benzene rings is 1. The van der Waals surface area contributed by atoms with Gasteiger partial charge in [0.1, 0.15) is 0 Å². The van der Waals surface area contributed by atoms with Crippen molar-refractivity contribution in [2.24, 2.45) is 7.05 Å². The molecular formula is C18H19F6N5O2. The molecule has 3 rings (SSSR count). The van der Waals surface area contributed by atoms with Gasteiger partial charge in [0.05, 0.1) is 23.8 Å². The molecule has 0 atom stereocenters. The summed E-state index contributed by atoms with van der Waals surface area (Å²) < 4.78 is 79.2. The number of aromatic nitrogens is 3. The quantitative estimate of drug-likeness (QED) is 0.726. The van der Waals surface area contributed by atoms with Crippen molar-refractivity contribution in [1.82, 2.24) is 19.2 Å². The topological polar surface area (TPSA) is 72.2 Å². The van der Waals surface area contributed by atoms with Crippen LogP contribution in [0, 0.1) is 0 Å². The standard InChI is InChI=1S/C18H19F6N5O2/c1-27-15(18(22,23)24)26-29(16(27)31)11-6-8-28(9-7-11)10-14(30)25-13-5-3-2-4-12(13)17(19,20)21/h2-5,11H,6-10H2,1H3,(H,25,30). The van der Waals surface area contributed by atoms with Crippen LogP contribution in [-0.2, 0) is 24.2 Å². The summed E-state index contributed by atoms with van der Waals surface area (Å²) in [5.74, 6) is -1.94. The minimum atomic E-state index is -4.76. The van der Waals surface area contributed by atoms with Gasteiger partial charge in [-0.1, -0.05) is 12.1 Å². The lowest BCUT2D eigenvalue weighted by atomic mass is 10.1. The van der Waals surface area contributed by atoms with Gasteiger partial charge in [0.25, 0.3) is 0 Å². The molecular weight excluding hydrogens is 432 g/mol. The van der Waals surface area contributed by atoms with E-state index in [1.165, 1.54) is 12.1 Å². The fraction of sp³-hybridized carbons (Fsp3) is 0.500. The summed E-state index contributed by atoms with van der Waals surface area (Å²) >= 11 is 0. The van der Waals surface area contributed by atoms with Crippen molar-refractivity contribution in [3.63, 3.8) is 0 Å². The molecule has 1 fully saturated rings. The number of halogens is 6. The molecule has 1 amide bonds. The van der Waals surface area contributed by atoms with Crippen molar-refractivity contribution in [1.29, 1.82) is 0 Å². The number of amides is 1. The van der Waals surface area contributed by atoms with Gasteiger partial charge >= 0.3 is 18.0 Å². The smallest absolute Gasteiger partial charge is 0.324 e. The van der Waals surface area contributed by atoms with Gasteiger partial charge in [0.2, 0.25) is 11.7 Å². The monoisotopic (exact) mass is 451 g/mol. The Bertz CT molecular complexity index is 1000. The Labute approximate surface area is 172 Å². The molecule has 1 N–H and O–H groups in total. The zero-order chi connectivity index (χ0) is 23.0. The van der Waals surface area contributed by atoms with Gasteiger partial charge in [-0.15, -0.1) is 5.10 Å². The fourth-order valence-corrected chi connectivity index (χ4v) is 3.50. The number of likely N-dealkylation sites (tertiary alicyclic amines) is 1. The van der Waals surface area contributed by atoms with Crippen LogP contribution in [0.4, 0.5) is 32.0 Å². The van der Waals surface area contributed by atoms with Gasteiger partial charge in [-0.2, -0.15) is 26.3 Å². The van der Waals surface area contributed by atoms with Crippen LogP contribution in [0.1, 0.15) is 30.3 Å². The summed E-state index contributed by atoms with van der Waals surface area (Å²) in [6.07, 6.45) is -8.85. The highest BCUT2D eigenvalue weighted by Gasteiger charge is 2.39. The average Bonchev–Trinajstić information content (AvgIpc) is 2.97. The number of hydrogen-bond donors (Lipinski definition) is 1. The third-order valence-corrected chi connectivity index (χ3v) is 5.03. The Balaban J connectivity index is 1.60. The largest absolute Gasteiger partial charge is 0.451 e. The lowest BCUT2D eigenvalue weighted by Crippen LogP contribution is -2.41. The molecule has 1 saturated heterocycles. The van der Waals surface area contributed by atoms with Crippen molar-refractivity contribution in [2.45, 2.75) is 31.2 Å². The Hall–Kier alpha value is -2.83. The maximum absolute atomic E-state index is 13.0. The number of nitrogens with one attached hydrogen (secondary N) is 1. The van der Waals surface area contributed by atoms with Crippen LogP contribution in [0.5, 0.6) is 0 Å². The van der Waals surface area contributed by atoms with Gasteiger partial charge in [-0.3, -0.25) is 14.3 Å². The minimum absolute atomic E-state index is 0.191. The van der Waals surface area contributed by atoms with E-state index in [1.807, 2.05) is 0 Å². The van der Waals surface area contributed by atoms with Crippen molar-refractivity contribution in [3.05, 3.63) is 46.1 Å². The summed E-state index contributed by atoms with van der Waals surface area (Å²) in [6, 6.07) is 4.03. The van der Waals surface area contributed by atoms with Crippen molar-refractivity contribution < 1.29 is 31.1 Å². The highest BCUT2D eigenvalue weighted by molar-refractivity contribution is 5.93. The number of carbonyl (C=O) groups excluding carboxylic acids is 1. The molecule has 1 aliphatic heterocycles. The number of piperidine rings is 1. The molecule has 7 nitrogen and oxygen atoms in total. The second-order valence-corrected chi connectivity index (χ2v) is 7.21. The molecule has 0 aliphatic carbocycles. The number of rotatable bonds is 4. The molecule has 2 aromatic rings. The maximum atomic E-state index is 13.0. The fourth-order valence-electron chi connectivity index (χ4n) is 3.50. The van der Waals surface area contributed by atoms with E-state index in [0.717, 1.165) is 23.9 Å². The highest BCUT2D eigenvalue weighted by Crippen LogP contribution is 2.34. The zero-order valence-corrected chi connectivity index (χ0v) is 16.3. The molecule has 0 bridgehead atoms. The number of alkyl halides is 6. The van der Waals surface area contributed by atoms with E-state index in [0.29, 0.717) is 4.57 Å². The van der Waals surface area contributed by atoms with E-state index in [2.05, 4.69) is 10.4 Å². The predicted molar refractivity (Wildman–Crippen MR) is 97.3 cm³/mol. The molecule has 2 heterocycles.